The lowest BCUT2D eigenvalue weighted by Gasteiger charge is -2.17. The first-order valence-electron chi connectivity index (χ1n) is 7.76. The molecule has 7 heteroatoms. The number of rotatable bonds is 6. The van der Waals surface area contributed by atoms with Crippen molar-refractivity contribution in [1.82, 2.24) is 10.6 Å². The van der Waals surface area contributed by atoms with E-state index >= 15 is 0 Å². The van der Waals surface area contributed by atoms with Gasteiger partial charge in [-0.25, -0.2) is 4.79 Å². The Hall–Kier alpha value is -2.57. The Morgan fingerprint density at radius 3 is 2.28 bits per heavy atom. The predicted octanol–water partition coefficient (Wildman–Crippen LogP) is 2.42. The van der Waals surface area contributed by atoms with Crippen LogP contribution in [0.25, 0.3) is 0 Å². The van der Waals surface area contributed by atoms with E-state index in [1.54, 1.807) is 55.6 Å². The van der Waals surface area contributed by atoms with Gasteiger partial charge in [0.1, 0.15) is 0 Å². The molecule has 0 heterocycles. The van der Waals surface area contributed by atoms with Crippen molar-refractivity contribution in [2.75, 3.05) is 19.0 Å². The topological polar surface area (TPSA) is 90.5 Å². The summed E-state index contributed by atoms with van der Waals surface area (Å²) in [6.07, 6.45) is 0.443. The van der Waals surface area contributed by atoms with Crippen LogP contribution in [0.2, 0.25) is 5.02 Å². The highest BCUT2D eigenvalue weighted by Crippen LogP contribution is 2.13. The monoisotopic (exact) mass is 361 g/mol. The van der Waals surface area contributed by atoms with E-state index in [2.05, 4.69) is 16.0 Å². The number of hydrogen-bond donors (Lipinski definition) is 4. The Kier molecular flexibility index (Phi) is 6.80. The van der Waals surface area contributed by atoms with Crippen LogP contribution in [0.4, 0.5) is 10.5 Å². The molecular weight excluding hydrogens is 342 g/mol. The van der Waals surface area contributed by atoms with Crippen molar-refractivity contribution in [2.45, 2.75) is 12.5 Å². The fourth-order valence-electron chi connectivity index (χ4n) is 2.27. The Morgan fingerprint density at radius 2 is 1.72 bits per heavy atom. The van der Waals surface area contributed by atoms with E-state index in [9.17, 15) is 14.7 Å². The highest BCUT2D eigenvalue weighted by molar-refractivity contribution is 6.30. The Labute approximate surface area is 151 Å². The minimum absolute atomic E-state index is 0.161. The molecular formula is C18H20ClN3O3. The zero-order valence-electron chi connectivity index (χ0n) is 13.8. The van der Waals surface area contributed by atoms with E-state index in [-0.39, 0.29) is 12.5 Å². The van der Waals surface area contributed by atoms with Crippen molar-refractivity contribution in [3.8, 4) is 0 Å². The summed E-state index contributed by atoms with van der Waals surface area (Å²) in [7, 11) is 1.57. The first kappa shape index (κ1) is 18.8. The van der Waals surface area contributed by atoms with Crippen LogP contribution in [0.1, 0.15) is 15.9 Å². The van der Waals surface area contributed by atoms with Crippen LogP contribution in [-0.4, -0.2) is 36.7 Å². The quantitative estimate of drug-likeness (QED) is 0.637. The van der Waals surface area contributed by atoms with Gasteiger partial charge in [-0.3, -0.25) is 4.79 Å². The maximum atomic E-state index is 12.0. The third-order valence-corrected chi connectivity index (χ3v) is 3.83. The lowest BCUT2D eigenvalue weighted by atomic mass is 10.0. The number of nitrogens with one attached hydrogen (secondary N) is 3. The van der Waals surface area contributed by atoms with Gasteiger partial charge in [-0.15, -0.1) is 0 Å². The van der Waals surface area contributed by atoms with E-state index in [1.165, 1.54) is 0 Å². The number of aliphatic hydroxyl groups excluding tert-OH is 1. The second-order valence-corrected chi connectivity index (χ2v) is 5.90. The number of amides is 3. The fourth-order valence-corrected chi connectivity index (χ4v) is 2.39. The maximum Gasteiger partial charge on any atom is 0.319 e. The molecule has 2 aromatic rings. The number of carbonyl (C=O) groups excluding carboxylic acids is 2. The summed E-state index contributed by atoms with van der Waals surface area (Å²) in [6.45, 7) is -0.203. The molecule has 6 nitrogen and oxygen atoms in total. The molecule has 0 radical (unpaired) electrons. The average Bonchev–Trinajstić information content (AvgIpc) is 2.63. The smallest absolute Gasteiger partial charge is 0.319 e. The molecule has 4 N–H and O–H groups in total. The number of hydrogen-bond acceptors (Lipinski definition) is 3. The molecule has 2 rings (SSSR count). The second kappa shape index (κ2) is 9.05. The molecule has 0 spiro atoms. The molecule has 0 saturated heterocycles. The lowest BCUT2D eigenvalue weighted by molar-refractivity contribution is 0.0963. The van der Waals surface area contributed by atoms with Crippen LogP contribution < -0.4 is 16.0 Å². The van der Waals surface area contributed by atoms with Gasteiger partial charge < -0.3 is 21.1 Å². The number of benzene rings is 2. The van der Waals surface area contributed by atoms with Gasteiger partial charge in [0.05, 0.1) is 12.6 Å². The normalized spacial score (nSPS) is 11.5. The first-order chi connectivity index (χ1) is 12.0. The minimum atomic E-state index is -0.446. The summed E-state index contributed by atoms with van der Waals surface area (Å²) in [5.74, 6) is -0.161. The number of carbonyl (C=O) groups is 2. The van der Waals surface area contributed by atoms with E-state index in [1.807, 2.05) is 0 Å². The van der Waals surface area contributed by atoms with E-state index in [0.717, 1.165) is 5.56 Å². The Bertz CT molecular complexity index is 717. The number of anilines is 1. The maximum absolute atomic E-state index is 12.0. The zero-order valence-corrected chi connectivity index (χ0v) is 14.5. The van der Waals surface area contributed by atoms with Gasteiger partial charge in [0.25, 0.3) is 5.91 Å². The van der Waals surface area contributed by atoms with Crippen LogP contribution in [-0.2, 0) is 6.42 Å². The largest absolute Gasteiger partial charge is 0.394 e. The molecule has 0 saturated carbocycles. The SMILES string of the molecule is CNC(=O)c1ccc(CC(CO)NC(=O)Nc2ccc(Cl)cc2)cc1. The highest BCUT2D eigenvalue weighted by atomic mass is 35.5. The van der Waals surface area contributed by atoms with Crippen LogP contribution in [0.3, 0.4) is 0 Å². The van der Waals surface area contributed by atoms with E-state index < -0.39 is 12.1 Å². The van der Waals surface area contributed by atoms with Gasteiger partial charge in [0, 0.05) is 23.3 Å². The lowest BCUT2D eigenvalue weighted by Crippen LogP contribution is -2.41. The molecule has 0 aromatic heterocycles. The molecule has 1 unspecified atom stereocenters. The van der Waals surface area contributed by atoms with Crippen LogP contribution in [0, 0.1) is 0 Å². The summed E-state index contributed by atoms with van der Waals surface area (Å²) in [4.78, 5) is 23.5. The van der Waals surface area contributed by atoms with Crippen molar-refractivity contribution >= 4 is 29.2 Å². The van der Waals surface area contributed by atoms with Gasteiger partial charge in [0.2, 0.25) is 0 Å². The molecule has 0 bridgehead atoms. The van der Waals surface area contributed by atoms with Gasteiger partial charge in [0.15, 0.2) is 0 Å². The molecule has 2 aromatic carbocycles. The number of halogens is 1. The third-order valence-electron chi connectivity index (χ3n) is 3.58. The predicted molar refractivity (Wildman–Crippen MR) is 98.0 cm³/mol. The Balaban J connectivity index is 1.92. The molecule has 25 heavy (non-hydrogen) atoms. The summed E-state index contributed by atoms with van der Waals surface area (Å²) in [6, 6.07) is 12.9. The summed E-state index contributed by atoms with van der Waals surface area (Å²) < 4.78 is 0. The van der Waals surface area contributed by atoms with Gasteiger partial charge in [-0.05, 0) is 48.4 Å². The second-order valence-electron chi connectivity index (χ2n) is 5.47. The summed E-state index contributed by atoms with van der Waals surface area (Å²) in [5.41, 5.74) is 2.06. The van der Waals surface area contributed by atoms with E-state index in [4.69, 9.17) is 11.6 Å². The number of aliphatic hydroxyl groups is 1. The van der Waals surface area contributed by atoms with Crippen LogP contribution in [0.15, 0.2) is 48.5 Å². The molecule has 1 atom stereocenters. The molecule has 3 amide bonds. The molecule has 0 aliphatic heterocycles. The van der Waals surface area contributed by atoms with E-state index in [0.29, 0.717) is 22.7 Å². The highest BCUT2D eigenvalue weighted by Gasteiger charge is 2.13. The van der Waals surface area contributed by atoms with Crippen molar-refractivity contribution in [3.63, 3.8) is 0 Å². The van der Waals surface area contributed by atoms with Crippen molar-refractivity contribution in [2.24, 2.45) is 0 Å². The number of urea groups is 1. The Morgan fingerprint density at radius 1 is 1.08 bits per heavy atom. The third kappa shape index (κ3) is 5.77. The average molecular weight is 362 g/mol. The minimum Gasteiger partial charge on any atom is -0.394 e. The molecule has 0 aliphatic carbocycles. The van der Waals surface area contributed by atoms with Crippen LogP contribution in [0.5, 0.6) is 0 Å². The van der Waals surface area contributed by atoms with Gasteiger partial charge >= 0.3 is 6.03 Å². The standard InChI is InChI=1S/C18H20ClN3O3/c1-20-17(24)13-4-2-12(3-5-13)10-16(11-23)22-18(25)21-15-8-6-14(19)7-9-15/h2-9,16,23H,10-11H2,1H3,(H,20,24)(H2,21,22,25). The first-order valence-corrected chi connectivity index (χ1v) is 8.14. The summed E-state index contributed by atoms with van der Waals surface area (Å²) >= 11 is 5.80. The van der Waals surface area contributed by atoms with Gasteiger partial charge in [-0.2, -0.15) is 0 Å². The fraction of sp³-hybridized carbons (Fsp3) is 0.222. The summed E-state index contributed by atoms with van der Waals surface area (Å²) in [5, 5.41) is 18.0. The molecule has 0 fully saturated rings. The van der Waals surface area contributed by atoms with Crippen molar-refractivity contribution in [3.05, 3.63) is 64.7 Å². The molecule has 132 valence electrons. The zero-order chi connectivity index (χ0) is 18.2. The molecule has 0 aliphatic rings. The van der Waals surface area contributed by atoms with Crippen molar-refractivity contribution < 1.29 is 14.7 Å². The van der Waals surface area contributed by atoms with Crippen molar-refractivity contribution in [1.29, 1.82) is 0 Å². The van der Waals surface area contributed by atoms with Crippen LogP contribution >= 0.6 is 11.6 Å². The van der Waals surface area contributed by atoms with Gasteiger partial charge in [-0.1, -0.05) is 23.7 Å².